The Balaban J connectivity index is 2.80. The van der Waals surface area contributed by atoms with Crippen LogP contribution in [0, 0.1) is 11.3 Å². The number of rotatable bonds is 10. The zero-order valence-electron chi connectivity index (χ0n) is 13.9. The van der Waals surface area contributed by atoms with Crippen molar-refractivity contribution in [2.45, 2.75) is 72.6 Å². The monoisotopic (exact) mass is 294 g/mol. The number of hydrogen-bond acceptors (Lipinski definition) is 3. The van der Waals surface area contributed by atoms with Crippen LogP contribution in [0.3, 0.4) is 0 Å². The molecule has 1 rings (SSSR count). The number of anilines is 1. The summed E-state index contributed by atoms with van der Waals surface area (Å²) in [5.74, 6) is 0.954. The van der Waals surface area contributed by atoms with Gasteiger partial charge in [-0.1, -0.05) is 65.0 Å². The van der Waals surface area contributed by atoms with E-state index in [-0.39, 0.29) is 11.3 Å². The first-order valence-corrected chi connectivity index (χ1v) is 8.28. The van der Waals surface area contributed by atoms with Crippen molar-refractivity contribution in [1.82, 2.24) is 15.4 Å². The van der Waals surface area contributed by atoms with Crippen LogP contribution in [0.4, 0.5) is 5.82 Å². The Morgan fingerprint density at radius 3 is 2.62 bits per heavy atom. The number of nitrogens with zero attached hydrogens (tertiary/aromatic N) is 2. The summed E-state index contributed by atoms with van der Waals surface area (Å²) in [5, 5.41) is 13.1. The lowest BCUT2D eigenvalue weighted by Crippen LogP contribution is -2.41. The average Bonchev–Trinajstić information content (AvgIpc) is 3.00. The zero-order chi connectivity index (χ0) is 15.7. The van der Waals surface area contributed by atoms with Crippen LogP contribution in [0.25, 0.3) is 0 Å². The standard InChI is InChI=1S/C16H30N4O/c1-5-8-9-10-11-16(7-3,13(4)6-2)15(21)18-14-12-17-20-19-14/h12-13H,5-11H2,1-4H3,(H2,17,18,19,20,21). The number of H-pyrrole nitrogens is 1. The maximum atomic E-state index is 12.8. The second kappa shape index (κ2) is 8.80. The Morgan fingerprint density at radius 1 is 1.33 bits per heavy atom. The average molecular weight is 294 g/mol. The molecule has 5 heteroatoms. The molecule has 0 aliphatic carbocycles. The molecular weight excluding hydrogens is 264 g/mol. The molecule has 0 bridgehead atoms. The molecule has 2 unspecified atom stereocenters. The topological polar surface area (TPSA) is 70.7 Å². The van der Waals surface area contributed by atoms with Gasteiger partial charge in [-0.2, -0.15) is 0 Å². The Bertz CT molecular complexity index is 404. The van der Waals surface area contributed by atoms with Crippen LogP contribution in [0.15, 0.2) is 6.20 Å². The molecule has 0 aromatic carbocycles. The van der Waals surface area contributed by atoms with Crippen LogP contribution in [-0.4, -0.2) is 21.3 Å². The molecule has 0 radical (unpaired) electrons. The van der Waals surface area contributed by atoms with Gasteiger partial charge in [-0.15, -0.1) is 5.10 Å². The van der Waals surface area contributed by atoms with Crippen LogP contribution >= 0.6 is 0 Å². The van der Waals surface area contributed by atoms with Crippen molar-refractivity contribution in [3.63, 3.8) is 0 Å². The minimum Gasteiger partial charge on any atom is -0.307 e. The summed E-state index contributed by atoms with van der Waals surface area (Å²) in [7, 11) is 0. The van der Waals surface area contributed by atoms with E-state index in [9.17, 15) is 4.79 Å². The maximum absolute atomic E-state index is 12.8. The normalized spacial score (nSPS) is 15.4. The molecule has 0 spiro atoms. The van der Waals surface area contributed by atoms with Gasteiger partial charge in [0, 0.05) is 0 Å². The molecule has 1 amide bonds. The van der Waals surface area contributed by atoms with Crippen LogP contribution in [0.2, 0.25) is 0 Å². The zero-order valence-corrected chi connectivity index (χ0v) is 13.9. The van der Waals surface area contributed by atoms with Gasteiger partial charge in [-0.3, -0.25) is 9.89 Å². The Kier molecular flexibility index (Phi) is 7.40. The van der Waals surface area contributed by atoms with Crippen molar-refractivity contribution < 1.29 is 4.79 Å². The number of carbonyl (C=O) groups excluding carboxylic acids is 1. The van der Waals surface area contributed by atoms with Crippen LogP contribution in [-0.2, 0) is 4.79 Å². The van der Waals surface area contributed by atoms with Crippen molar-refractivity contribution in [2.75, 3.05) is 5.32 Å². The summed E-state index contributed by atoms with van der Waals surface area (Å²) in [6.07, 6.45) is 9.20. The fourth-order valence-electron chi connectivity index (χ4n) is 3.03. The van der Waals surface area contributed by atoms with Gasteiger partial charge in [0.2, 0.25) is 5.91 Å². The van der Waals surface area contributed by atoms with E-state index in [0.717, 1.165) is 25.7 Å². The van der Waals surface area contributed by atoms with Gasteiger partial charge in [-0.25, -0.2) is 0 Å². The third-order valence-electron chi connectivity index (χ3n) is 4.77. The molecule has 1 heterocycles. The molecule has 0 saturated carbocycles. The second-order valence-electron chi connectivity index (χ2n) is 5.94. The molecule has 2 atom stereocenters. The highest BCUT2D eigenvalue weighted by Crippen LogP contribution is 2.40. The molecule has 0 saturated heterocycles. The lowest BCUT2D eigenvalue weighted by Gasteiger charge is -2.36. The van der Waals surface area contributed by atoms with Crippen molar-refractivity contribution in [3.05, 3.63) is 6.20 Å². The van der Waals surface area contributed by atoms with Crippen LogP contribution in [0.5, 0.6) is 0 Å². The smallest absolute Gasteiger partial charge is 0.232 e. The van der Waals surface area contributed by atoms with Crippen LogP contribution < -0.4 is 5.32 Å². The maximum Gasteiger partial charge on any atom is 0.232 e. The summed E-state index contributed by atoms with van der Waals surface area (Å²) < 4.78 is 0. The lowest BCUT2D eigenvalue weighted by atomic mass is 9.68. The molecule has 2 N–H and O–H groups in total. The molecular formula is C16H30N4O. The number of hydrogen-bond donors (Lipinski definition) is 2. The van der Waals surface area contributed by atoms with E-state index in [0.29, 0.717) is 11.7 Å². The third kappa shape index (κ3) is 4.55. The molecule has 1 aromatic heterocycles. The summed E-state index contributed by atoms with van der Waals surface area (Å²) >= 11 is 0. The van der Waals surface area contributed by atoms with Crippen LogP contribution in [0.1, 0.15) is 72.6 Å². The summed E-state index contributed by atoms with van der Waals surface area (Å²) in [6, 6.07) is 0. The molecule has 0 aliphatic rings. The fraction of sp³-hybridized carbons (Fsp3) is 0.812. The third-order valence-corrected chi connectivity index (χ3v) is 4.77. The second-order valence-corrected chi connectivity index (χ2v) is 5.94. The number of carbonyl (C=O) groups is 1. The molecule has 0 aliphatic heterocycles. The van der Waals surface area contributed by atoms with Crippen molar-refractivity contribution >= 4 is 11.7 Å². The largest absolute Gasteiger partial charge is 0.307 e. The number of amides is 1. The van der Waals surface area contributed by atoms with Gasteiger partial charge >= 0.3 is 0 Å². The van der Waals surface area contributed by atoms with E-state index < -0.39 is 0 Å². The number of unbranched alkanes of at least 4 members (excludes halogenated alkanes) is 3. The van der Waals surface area contributed by atoms with Gasteiger partial charge < -0.3 is 5.32 Å². The van der Waals surface area contributed by atoms with E-state index in [2.05, 4.69) is 48.4 Å². The first-order valence-electron chi connectivity index (χ1n) is 8.28. The van der Waals surface area contributed by atoms with Gasteiger partial charge in [0.25, 0.3) is 0 Å². The van der Waals surface area contributed by atoms with Crippen molar-refractivity contribution in [2.24, 2.45) is 11.3 Å². The molecule has 5 nitrogen and oxygen atoms in total. The quantitative estimate of drug-likeness (QED) is 0.637. The first kappa shape index (κ1) is 17.7. The predicted octanol–water partition coefficient (Wildman–Crippen LogP) is 4.16. The van der Waals surface area contributed by atoms with Gasteiger partial charge in [0.1, 0.15) is 0 Å². The minimum absolute atomic E-state index is 0.0877. The summed E-state index contributed by atoms with van der Waals surface area (Å²) in [6.45, 7) is 8.67. The summed E-state index contributed by atoms with van der Waals surface area (Å²) in [5.41, 5.74) is -0.304. The van der Waals surface area contributed by atoms with E-state index in [1.165, 1.54) is 19.3 Å². The van der Waals surface area contributed by atoms with Gasteiger partial charge in [0.15, 0.2) is 5.82 Å². The first-order chi connectivity index (χ1) is 10.1. The highest BCUT2D eigenvalue weighted by atomic mass is 16.2. The van der Waals surface area contributed by atoms with E-state index in [4.69, 9.17) is 0 Å². The lowest BCUT2D eigenvalue weighted by molar-refractivity contribution is -0.129. The fourth-order valence-corrected chi connectivity index (χ4v) is 3.03. The van der Waals surface area contributed by atoms with Crippen molar-refractivity contribution in [1.29, 1.82) is 0 Å². The Hall–Kier alpha value is -1.39. The molecule has 1 aromatic rings. The number of nitrogens with one attached hydrogen (secondary N) is 2. The van der Waals surface area contributed by atoms with Gasteiger partial charge in [-0.05, 0) is 18.8 Å². The van der Waals surface area contributed by atoms with Gasteiger partial charge in [0.05, 0.1) is 11.6 Å². The SMILES string of the molecule is CCCCCCC(CC)(C(=O)Nc1c[nH]nn1)C(C)CC. The highest BCUT2D eigenvalue weighted by molar-refractivity contribution is 5.94. The highest BCUT2D eigenvalue weighted by Gasteiger charge is 2.40. The van der Waals surface area contributed by atoms with E-state index in [1.807, 2.05) is 0 Å². The Labute approximate surface area is 128 Å². The summed E-state index contributed by atoms with van der Waals surface area (Å²) in [4.78, 5) is 12.8. The minimum atomic E-state index is -0.304. The predicted molar refractivity (Wildman–Crippen MR) is 86.0 cm³/mol. The van der Waals surface area contributed by atoms with Crippen molar-refractivity contribution in [3.8, 4) is 0 Å². The molecule has 21 heavy (non-hydrogen) atoms. The number of aromatic amines is 1. The van der Waals surface area contributed by atoms with E-state index >= 15 is 0 Å². The molecule has 120 valence electrons. The molecule has 0 fully saturated rings. The number of aromatic nitrogens is 3. The van der Waals surface area contributed by atoms with E-state index in [1.54, 1.807) is 6.20 Å². The Morgan fingerprint density at radius 2 is 2.10 bits per heavy atom.